The molecule has 0 fully saturated rings. The van der Waals surface area contributed by atoms with Gasteiger partial charge in [-0.05, 0) is 16.7 Å². The molecule has 0 saturated heterocycles. The molecule has 112 valence electrons. The van der Waals surface area contributed by atoms with Gasteiger partial charge >= 0.3 is 0 Å². The van der Waals surface area contributed by atoms with E-state index in [1.54, 1.807) is 0 Å². The van der Waals surface area contributed by atoms with Crippen molar-refractivity contribution in [1.82, 2.24) is 0 Å². The maximum Gasteiger partial charge on any atom is 0.0205 e. The first-order valence-corrected chi connectivity index (χ1v) is 7.93. The lowest BCUT2D eigenvalue weighted by atomic mass is 9.93. The molecule has 2 aromatic rings. The van der Waals surface area contributed by atoms with Crippen LogP contribution in [-0.2, 0) is 0 Å². The first-order valence-electron chi connectivity index (χ1n) is 7.93. The Morgan fingerprint density at radius 3 is 2.04 bits per heavy atom. The fourth-order valence-corrected chi connectivity index (χ4v) is 2.53. The van der Waals surface area contributed by atoms with Gasteiger partial charge in [0.15, 0.2) is 0 Å². The van der Waals surface area contributed by atoms with Crippen molar-refractivity contribution >= 4 is 12.2 Å². The average Bonchev–Trinajstić information content (AvgIpc) is 2.63. The fraction of sp³-hybridized carbons (Fsp3) is 0.0435. The largest absolute Gasteiger partial charge is 0.0732 e. The first kappa shape index (κ1) is 15.1. The number of hydrogen-bond donors (Lipinski definition) is 0. The van der Waals surface area contributed by atoms with Crippen LogP contribution in [0.25, 0.3) is 12.2 Å². The molecular formula is C23H20. The van der Waals surface area contributed by atoms with Crippen LogP contribution in [0, 0.1) is 5.92 Å². The molecule has 0 heterocycles. The maximum absolute atomic E-state index is 2.25. The molecule has 0 nitrogen and oxygen atoms in total. The molecule has 0 aliphatic heterocycles. The molecule has 2 aromatic carbocycles. The van der Waals surface area contributed by atoms with Crippen LogP contribution in [0.15, 0.2) is 109 Å². The Bertz CT molecular complexity index is 756. The molecule has 1 aliphatic carbocycles. The standard InChI is InChI=1S/C23H20/c1-3-10-20(11-4-1)14-9-17-22-15-7-8-16-23(22)19-18-21-12-5-2-6-13-21/h1-19,23H. The summed E-state index contributed by atoms with van der Waals surface area (Å²) in [6.07, 6.45) is 19.5. The Hall–Kier alpha value is -2.86. The van der Waals surface area contributed by atoms with Gasteiger partial charge in [-0.3, -0.25) is 0 Å². The summed E-state index contributed by atoms with van der Waals surface area (Å²) in [7, 11) is 0. The van der Waals surface area contributed by atoms with Crippen molar-refractivity contribution < 1.29 is 0 Å². The zero-order valence-electron chi connectivity index (χ0n) is 13.0. The first-order chi connectivity index (χ1) is 11.4. The second kappa shape index (κ2) is 7.95. The van der Waals surface area contributed by atoms with E-state index in [4.69, 9.17) is 0 Å². The highest BCUT2D eigenvalue weighted by Crippen LogP contribution is 2.21. The minimum Gasteiger partial charge on any atom is -0.0732 e. The lowest BCUT2D eigenvalue weighted by molar-refractivity contribution is 1.00. The van der Waals surface area contributed by atoms with E-state index >= 15 is 0 Å². The summed E-state index contributed by atoms with van der Waals surface area (Å²) in [5.74, 6) is 0.320. The van der Waals surface area contributed by atoms with Crippen molar-refractivity contribution in [3.63, 3.8) is 0 Å². The molecule has 23 heavy (non-hydrogen) atoms. The van der Waals surface area contributed by atoms with Gasteiger partial charge in [0.05, 0.1) is 0 Å². The van der Waals surface area contributed by atoms with E-state index in [1.807, 2.05) is 12.1 Å². The van der Waals surface area contributed by atoms with Gasteiger partial charge in [0.2, 0.25) is 0 Å². The third-order valence-corrected chi connectivity index (χ3v) is 3.78. The predicted octanol–water partition coefficient (Wildman–Crippen LogP) is 6.08. The maximum atomic E-state index is 2.25. The molecule has 3 rings (SSSR count). The second-order valence-electron chi connectivity index (χ2n) is 5.48. The van der Waals surface area contributed by atoms with Gasteiger partial charge < -0.3 is 0 Å². The van der Waals surface area contributed by atoms with Gasteiger partial charge in [-0.15, -0.1) is 0 Å². The highest BCUT2D eigenvalue weighted by molar-refractivity contribution is 5.54. The monoisotopic (exact) mass is 296 g/mol. The van der Waals surface area contributed by atoms with Crippen LogP contribution in [0.1, 0.15) is 11.1 Å². The van der Waals surface area contributed by atoms with E-state index in [2.05, 4.69) is 103 Å². The van der Waals surface area contributed by atoms with E-state index in [-0.39, 0.29) is 0 Å². The van der Waals surface area contributed by atoms with Crippen LogP contribution < -0.4 is 0 Å². The molecule has 0 bridgehead atoms. The molecule has 0 spiro atoms. The predicted molar refractivity (Wildman–Crippen MR) is 101 cm³/mol. The van der Waals surface area contributed by atoms with Gasteiger partial charge in [0.1, 0.15) is 0 Å². The lowest BCUT2D eigenvalue weighted by Crippen LogP contribution is -1.97. The summed E-state index contributed by atoms with van der Waals surface area (Å²) >= 11 is 0. The molecule has 1 atom stereocenters. The van der Waals surface area contributed by atoms with Crippen LogP contribution in [0.2, 0.25) is 0 Å². The summed E-state index contributed by atoms with van der Waals surface area (Å²) in [5, 5.41) is 0. The highest BCUT2D eigenvalue weighted by Gasteiger charge is 2.06. The third kappa shape index (κ3) is 4.55. The SMILES string of the molecule is C1=CC(=CC=Cc2ccccc2)C(C=Cc2ccccc2)C=C1. The normalized spacial score (nSPS) is 19.1. The van der Waals surface area contributed by atoms with Crippen LogP contribution in [0.4, 0.5) is 0 Å². The van der Waals surface area contributed by atoms with Gasteiger partial charge in [0, 0.05) is 5.92 Å². The smallest absolute Gasteiger partial charge is 0.0205 e. The molecule has 0 heteroatoms. The summed E-state index contributed by atoms with van der Waals surface area (Å²) in [4.78, 5) is 0. The molecular weight excluding hydrogens is 276 g/mol. The summed E-state index contributed by atoms with van der Waals surface area (Å²) in [5.41, 5.74) is 3.75. The van der Waals surface area contributed by atoms with Crippen molar-refractivity contribution in [2.75, 3.05) is 0 Å². The van der Waals surface area contributed by atoms with Crippen LogP contribution in [-0.4, -0.2) is 0 Å². The Kier molecular flexibility index (Phi) is 5.21. The topological polar surface area (TPSA) is 0 Å². The van der Waals surface area contributed by atoms with E-state index < -0.39 is 0 Å². The van der Waals surface area contributed by atoms with E-state index in [0.29, 0.717) is 5.92 Å². The van der Waals surface area contributed by atoms with Crippen LogP contribution in [0.3, 0.4) is 0 Å². The third-order valence-electron chi connectivity index (χ3n) is 3.78. The summed E-state index contributed by atoms with van der Waals surface area (Å²) < 4.78 is 0. The van der Waals surface area contributed by atoms with Gasteiger partial charge in [0.25, 0.3) is 0 Å². The van der Waals surface area contributed by atoms with Gasteiger partial charge in [-0.25, -0.2) is 0 Å². The summed E-state index contributed by atoms with van der Waals surface area (Å²) in [6, 6.07) is 20.8. The minimum atomic E-state index is 0.320. The molecule has 1 aliphatic rings. The van der Waals surface area contributed by atoms with Gasteiger partial charge in [-0.2, -0.15) is 0 Å². The zero-order valence-corrected chi connectivity index (χ0v) is 13.0. The Labute approximate surface area is 138 Å². The number of benzene rings is 2. The quantitative estimate of drug-likeness (QED) is 0.641. The molecule has 0 radical (unpaired) electrons. The number of rotatable bonds is 4. The Morgan fingerprint density at radius 1 is 0.696 bits per heavy atom. The molecule has 1 unspecified atom stereocenters. The molecule has 0 aromatic heterocycles. The van der Waals surface area contributed by atoms with E-state index in [9.17, 15) is 0 Å². The van der Waals surface area contributed by atoms with E-state index in [1.165, 1.54) is 16.7 Å². The molecule has 0 amide bonds. The minimum absolute atomic E-state index is 0.320. The van der Waals surface area contributed by atoms with Crippen molar-refractivity contribution in [1.29, 1.82) is 0 Å². The molecule has 0 N–H and O–H groups in total. The van der Waals surface area contributed by atoms with Crippen molar-refractivity contribution in [3.05, 3.63) is 120 Å². The average molecular weight is 296 g/mol. The molecule has 0 saturated carbocycles. The van der Waals surface area contributed by atoms with Crippen molar-refractivity contribution in [2.24, 2.45) is 5.92 Å². The summed E-state index contributed by atoms with van der Waals surface area (Å²) in [6.45, 7) is 0. The second-order valence-corrected chi connectivity index (χ2v) is 5.48. The highest BCUT2D eigenvalue weighted by atomic mass is 14.1. The number of hydrogen-bond acceptors (Lipinski definition) is 0. The number of allylic oxidation sites excluding steroid dienone is 8. The van der Waals surface area contributed by atoms with E-state index in [0.717, 1.165) is 0 Å². The van der Waals surface area contributed by atoms with Crippen LogP contribution >= 0.6 is 0 Å². The fourth-order valence-electron chi connectivity index (χ4n) is 2.53. The Morgan fingerprint density at radius 2 is 1.35 bits per heavy atom. The van der Waals surface area contributed by atoms with Crippen molar-refractivity contribution in [3.8, 4) is 0 Å². The van der Waals surface area contributed by atoms with Crippen molar-refractivity contribution in [2.45, 2.75) is 0 Å². The lowest BCUT2D eigenvalue weighted by Gasteiger charge is -2.12. The Balaban J connectivity index is 1.73. The van der Waals surface area contributed by atoms with Crippen LogP contribution in [0.5, 0.6) is 0 Å². The zero-order chi connectivity index (χ0) is 15.7. The van der Waals surface area contributed by atoms with Gasteiger partial charge in [-0.1, -0.05) is 115 Å².